The zero-order valence-corrected chi connectivity index (χ0v) is 20.6. The van der Waals surface area contributed by atoms with Crippen molar-refractivity contribution < 1.29 is 17.5 Å². The van der Waals surface area contributed by atoms with Gasteiger partial charge in [0, 0.05) is 33.7 Å². The van der Waals surface area contributed by atoms with Gasteiger partial charge in [-0.05, 0) is 38.0 Å². The molecule has 0 bridgehead atoms. The number of guanidine groups is 1. The number of sulfonamides is 1. The summed E-state index contributed by atoms with van der Waals surface area (Å²) >= 11 is 0. The highest BCUT2D eigenvalue weighted by molar-refractivity contribution is 14.0. The Hall–Kier alpha value is -0.980. The van der Waals surface area contributed by atoms with Gasteiger partial charge < -0.3 is 15.0 Å². The SMILES string of the molecule is CCS(=O)(=O)N(C)CCCNC(=NC)N1CC(C)OC(c2ccc(F)cc2)C1.I. The molecule has 1 fully saturated rings. The predicted octanol–water partition coefficient (Wildman–Crippen LogP) is 2.45. The number of nitrogens with zero attached hydrogens (tertiary/aromatic N) is 3. The summed E-state index contributed by atoms with van der Waals surface area (Å²) in [7, 11) is 0.175. The number of nitrogens with one attached hydrogen (secondary N) is 1. The molecule has 2 unspecified atom stereocenters. The maximum absolute atomic E-state index is 13.2. The first-order valence-electron chi connectivity index (χ1n) is 9.57. The molecule has 1 N–H and O–H groups in total. The summed E-state index contributed by atoms with van der Waals surface area (Å²) in [6.45, 7) is 6.02. The Labute approximate surface area is 190 Å². The summed E-state index contributed by atoms with van der Waals surface area (Å²) in [6, 6.07) is 6.37. The Balaban J connectivity index is 0.00000420. The largest absolute Gasteiger partial charge is 0.367 e. The molecule has 0 spiro atoms. The van der Waals surface area contributed by atoms with Crippen molar-refractivity contribution in [2.24, 2.45) is 4.99 Å². The summed E-state index contributed by atoms with van der Waals surface area (Å²) in [5.41, 5.74) is 0.930. The third-order valence-electron chi connectivity index (χ3n) is 4.79. The van der Waals surface area contributed by atoms with E-state index in [-0.39, 0.29) is 47.8 Å². The van der Waals surface area contributed by atoms with Crippen molar-refractivity contribution in [1.82, 2.24) is 14.5 Å². The molecule has 29 heavy (non-hydrogen) atoms. The second-order valence-electron chi connectivity index (χ2n) is 6.94. The summed E-state index contributed by atoms with van der Waals surface area (Å²) in [5.74, 6) is 0.593. The lowest BCUT2D eigenvalue weighted by Crippen LogP contribution is -2.51. The van der Waals surface area contributed by atoms with Crippen LogP contribution in [0.3, 0.4) is 0 Å². The molecular weight excluding hydrogens is 510 g/mol. The number of benzene rings is 1. The number of aliphatic imine (C=N–C) groups is 1. The zero-order chi connectivity index (χ0) is 20.7. The van der Waals surface area contributed by atoms with Crippen LogP contribution in [0.5, 0.6) is 0 Å². The quantitative estimate of drug-likeness (QED) is 0.248. The van der Waals surface area contributed by atoms with Crippen molar-refractivity contribution in [2.75, 3.05) is 46.0 Å². The number of rotatable bonds is 7. The number of halogens is 2. The summed E-state index contributed by atoms with van der Waals surface area (Å²) < 4.78 is 44.2. The molecule has 7 nitrogen and oxygen atoms in total. The first-order valence-corrected chi connectivity index (χ1v) is 11.2. The Morgan fingerprint density at radius 1 is 1.34 bits per heavy atom. The van der Waals surface area contributed by atoms with E-state index >= 15 is 0 Å². The highest BCUT2D eigenvalue weighted by atomic mass is 127. The van der Waals surface area contributed by atoms with E-state index in [4.69, 9.17) is 4.74 Å². The molecule has 2 atom stereocenters. The van der Waals surface area contributed by atoms with Crippen LogP contribution in [0.15, 0.2) is 29.3 Å². The molecule has 2 rings (SSSR count). The van der Waals surface area contributed by atoms with Gasteiger partial charge in [0.05, 0.1) is 18.4 Å². The number of hydrogen-bond donors (Lipinski definition) is 1. The molecule has 0 radical (unpaired) electrons. The standard InChI is InChI=1S/C19H31FN4O3S.HI/c1-5-28(25,26)23(4)12-6-11-22-19(21-3)24-13-15(2)27-18(14-24)16-7-9-17(20)10-8-16;/h7-10,15,18H,5-6,11-14H2,1-4H3,(H,21,22);1H. The van der Waals surface area contributed by atoms with Gasteiger partial charge in [-0.25, -0.2) is 17.1 Å². The molecule has 0 amide bonds. The van der Waals surface area contributed by atoms with Crippen LogP contribution >= 0.6 is 24.0 Å². The number of hydrogen-bond acceptors (Lipinski definition) is 4. The van der Waals surface area contributed by atoms with Crippen LogP contribution < -0.4 is 5.32 Å². The molecule has 166 valence electrons. The fourth-order valence-electron chi connectivity index (χ4n) is 3.18. The van der Waals surface area contributed by atoms with E-state index < -0.39 is 10.0 Å². The van der Waals surface area contributed by atoms with E-state index in [1.807, 2.05) is 6.92 Å². The van der Waals surface area contributed by atoms with E-state index in [0.29, 0.717) is 32.6 Å². The Kier molecular flexibility index (Phi) is 10.8. The van der Waals surface area contributed by atoms with Crippen molar-refractivity contribution in [3.05, 3.63) is 35.6 Å². The maximum atomic E-state index is 13.2. The van der Waals surface area contributed by atoms with Gasteiger partial charge in [0.15, 0.2) is 5.96 Å². The molecule has 1 aromatic rings. The minimum absolute atomic E-state index is 0. The number of ether oxygens (including phenoxy) is 1. The highest BCUT2D eigenvalue weighted by Crippen LogP contribution is 2.25. The van der Waals surface area contributed by atoms with E-state index in [2.05, 4.69) is 15.2 Å². The highest BCUT2D eigenvalue weighted by Gasteiger charge is 2.28. The van der Waals surface area contributed by atoms with Crippen LogP contribution in [0.2, 0.25) is 0 Å². The second kappa shape index (κ2) is 12.0. The van der Waals surface area contributed by atoms with Crippen LogP contribution in [0.4, 0.5) is 4.39 Å². The third-order valence-corrected chi connectivity index (χ3v) is 6.65. The smallest absolute Gasteiger partial charge is 0.213 e. The molecule has 1 heterocycles. The van der Waals surface area contributed by atoms with Crippen LogP contribution in [0.25, 0.3) is 0 Å². The second-order valence-corrected chi connectivity index (χ2v) is 9.31. The van der Waals surface area contributed by atoms with Gasteiger partial charge in [-0.3, -0.25) is 4.99 Å². The lowest BCUT2D eigenvalue weighted by Gasteiger charge is -2.38. The molecule has 1 aromatic carbocycles. The lowest BCUT2D eigenvalue weighted by molar-refractivity contribution is -0.0605. The van der Waals surface area contributed by atoms with E-state index in [1.165, 1.54) is 16.4 Å². The van der Waals surface area contributed by atoms with Crippen molar-refractivity contribution in [2.45, 2.75) is 32.5 Å². The Bertz CT molecular complexity index is 761. The number of morpholine rings is 1. The van der Waals surface area contributed by atoms with Gasteiger partial charge in [0.25, 0.3) is 0 Å². The molecule has 0 aliphatic carbocycles. The third kappa shape index (κ3) is 7.65. The van der Waals surface area contributed by atoms with Crippen molar-refractivity contribution in [3.8, 4) is 0 Å². The van der Waals surface area contributed by atoms with Crippen LogP contribution in [0.1, 0.15) is 31.9 Å². The first kappa shape index (κ1) is 26.1. The molecule has 0 saturated carbocycles. The average Bonchev–Trinajstić information content (AvgIpc) is 2.67. The molecule has 0 aromatic heterocycles. The topological polar surface area (TPSA) is 74.2 Å². The Morgan fingerprint density at radius 3 is 2.59 bits per heavy atom. The molecule has 10 heteroatoms. The normalized spacial score (nSPS) is 20.5. The van der Waals surface area contributed by atoms with Gasteiger partial charge in [0.2, 0.25) is 10.0 Å². The minimum Gasteiger partial charge on any atom is -0.367 e. The molecule has 1 aliphatic rings. The van der Waals surface area contributed by atoms with Crippen LogP contribution in [-0.2, 0) is 14.8 Å². The average molecular weight is 542 g/mol. The molecular formula is C19H32FIN4O3S. The fourth-order valence-corrected chi connectivity index (χ4v) is 4.03. The lowest BCUT2D eigenvalue weighted by atomic mass is 10.1. The van der Waals surface area contributed by atoms with E-state index in [1.54, 1.807) is 33.2 Å². The zero-order valence-electron chi connectivity index (χ0n) is 17.5. The Morgan fingerprint density at radius 2 is 2.00 bits per heavy atom. The van der Waals surface area contributed by atoms with Gasteiger partial charge >= 0.3 is 0 Å². The van der Waals surface area contributed by atoms with E-state index in [0.717, 1.165) is 11.5 Å². The van der Waals surface area contributed by atoms with Gasteiger partial charge in [-0.2, -0.15) is 0 Å². The van der Waals surface area contributed by atoms with Crippen LogP contribution in [0, 0.1) is 5.82 Å². The van der Waals surface area contributed by atoms with Crippen molar-refractivity contribution in [3.63, 3.8) is 0 Å². The van der Waals surface area contributed by atoms with Gasteiger partial charge in [0.1, 0.15) is 11.9 Å². The van der Waals surface area contributed by atoms with Crippen LogP contribution in [-0.4, -0.2) is 75.7 Å². The minimum atomic E-state index is -3.15. The monoisotopic (exact) mass is 542 g/mol. The fraction of sp³-hybridized carbons (Fsp3) is 0.632. The first-order chi connectivity index (χ1) is 13.3. The van der Waals surface area contributed by atoms with Gasteiger partial charge in [-0.15, -0.1) is 24.0 Å². The summed E-state index contributed by atoms with van der Waals surface area (Å²) in [6.07, 6.45) is 0.516. The van der Waals surface area contributed by atoms with E-state index in [9.17, 15) is 12.8 Å². The van der Waals surface area contributed by atoms with Gasteiger partial charge in [-0.1, -0.05) is 12.1 Å². The molecule has 1 saturated heterocycles. The van der Waals surface area contributed by atoms with Crippen molar-refractivity contribution in [1.29, 1.82) is 0 Å². The predicted molar refractivity (Wildman–Crippen MR) is 125 cm³/mol. The maximum Gasteiger partial charge on any atom is 0.213 e. The van der Waals surface area contributed by atoms with Crippen molar-refractivity contribution >= 4 is 40.0 Å². The summed E-state index contributed by atoms with van der Waals surface area (Å²) in [4.78, 5) is 6.47. The molecule has 1 aliphatic heterocycles. The summed E-state index contributed by atoms with van der Waals surface area (Å²) in [5, 5.41) is 3.30.